The van der Waals surface area contributed by atoms with E-state index in [1.54, 1.807) is 19.1 Å². The van der Waals surface area contributed by atoms with Crippen molar-refractivity contribution in [2.45, 2.75) is 39.7 Å². The zero-order valence-corrected chi connectivity index (χ0v) is 13.6. The molecule has 1 saturated heterocycles. The van der Waals surface area contributed by atoms with Crippen LogP contribution >= 0.6 is 11.6 Å². The minimum atomic E-state index is -0.368. The molecule has 0 aliphatic carbocycles. The van der Waals surface area contributed by atoms with Crippen LogP contribution < -0.4 is 10.6 Å². The average Bonchev–Trinajstić information content (AvgIpc) is 2.39. The maximum Gasteiger partial charge on any atom is 0.340 e. The van der Waals surface area contributed by atoms with E-state index in [1.165, 1.54) is 0 Å². The van der Waals surface area contributed by atoms with Crippen LogP contribution in [-0.4, -0.2) is 25.2 Å². The number of nitrogens with two attached hydrogens (primary N) is 1. The molecule has 1 aliphatic rings. The van der Waals surface area contributed by atoms with Gasteiger partial charge in [-0.1, -0.05) is 18.5 Å². The number of benzene rings is 1. The fourth-order valence-corrected chi connectivity index (χ4v) is 3.35. The van der Waals surface area contributed by atoms with Gasteiger partial charge in [-0.3, -0.25) is 0 Å². The van der Waals surface area contributed by atoms with E-state index in [0.717, 1.165) is 25.1 Å². The first-order valence-electron chi connectivity index (χ1n) is 7.46. The molecule has 1 fully saturated rings. The number of hydrogen-bond acceptors (Lipinski definition) is 4. The van der Waals surface area contributed by atoms with Crippen LogP contribution in [0.25, 0.3) is 0 Å². The van der Waals surface area contributed by atoms with Gasteiger partial charge in [0, 0.05) is 18.3 Å². The number of esters is 1. The number of nitrogens with zero attached hydrogens (tertiary/aromatic N) is 1. The lowest BCUT2D eigenvalue weighted by atomic mass is 9.92. The Morgan fingerprint density at radius 1 is 1.48 bits per heavy atom. The van der Waals surface area contributed by atoms with Crippen molar-refractivity contribution in [3.05, 3.63) is 22.7 Å². The van der Waals surface area contributed by atoms with E-state index in [9.17, 15) is 4.79 Å². The first kappa shape index (κ1) is 16.0. The maximum absolute atomic E-state index is 12.2. The Morgan fingerprint density at radius 3 is 2.81 bits per heavy atom. The maximum atomic E-state index is 12.2. The molecule has 1 heterocycles. The zero-order valence-electron chi connectivity index (χ0n) is 12.9. The number of hydrogen-bond donors (Lipinski definition) is 1. The molecule has 0 bridgehead atoms. The number of carbonyl (C=O) groups is 1. The average molecular weight is 311 g/mol. The summed E-state index contributed by atoms with van der Waals surface area (Å²) in [5.74, 6) is 0.322. The van der Waals surface area contributed by atoms with Gasteiger partial charge in [0.1, 0.15) is 0 Å². The summed E-state index contributed by atoms with van der Waals surface area (Å²) >= 11 is 6.38. The Hall–Kier alpha value is -1.42. The van der Waals surface area contributed by atoms with Crippen molar-refractivity contribution in [3.63, 3.8) is 0 Å². The van der Waals surface area contributed by atoms with Gasteiger partial charge >= 0.3 is 5.97 Å². The van der Waals surface area contributed by atoms with Crippen LogP contribution in [-0.2, 0) is 4.74 Å². The molecule has 21 heavy (non-hydrogen) atoms. The van der Waals surface area contributed by atoms with E-state index in [2.05, 4.69) is 18.7 Å². The Bertz CT molecular complexity index is 533. The van der Waals surface area contributed by atoms with Crippen LogP contribution in [0.1, 0.15) is 44.0 Å². The lowest BCUT2D eigenvalue weighted by molar-refractivity contribution is 0.0527. The highest BCUT2D eigenvalue weighted by Gasteiger charge is 2.28. The molecule has 5 heteroatoms. The second kappa shape index (κ2) is 6.56. The van der Waals surface area contributed by atoms with Crippen molar-refractivity contribution in [1.82, 2.24) is 0 Å². The summed E-state index contributed by atoms with van der Waals surface area (Å²) in [5.41, 5.74) is 7.53. The molecule has 0 aromatic heterocycles. The van der Waals surface area contributed by atoms with Crippen LogP contribution in [0.15, 0.2) is 12.1 Å². The Balaban J connectivity index is 2.44. The Kier molecular flexibility index (Phi) is 4.99. The normalized spacial score (nSPS) is 22.2. The predicted octanol–water partition coefficient (Wildman–Crippen LogP) is 3.72. The van der Waals surface area contributed by atoms with Crippen molar-refractivity contribution in [2.24, 2.45) is 5.92 Å². The molecule has 0 saturated carbocycles. The molecular formula is C16H23ClN2O2. The topological polar surface area (TPSA) is 55.6 Å². The van der Waals surface area contributed by atoms with E-state index in [4.69, 9.17) is 22.1 Å². The monoisotopic (exact) mass is 310 g/mol. The highest BCUT2D eigenvalue weighted by atomic mass is 35.5. The molecule has 2 N–H and O–H groups in total. The number of rotatable bonds is 3. The van der Waals surface area contributed by atoms with Crippen LogP contribution in [0.2, 0.25) is 5.02 Å². The number of carbonyl (C=O) groups excluding carboxylic acids is 1. The van der Waals surface area contributed by atoms with Gasteiger partial charge in [-0.05, 0) is 44.7 Å². The molecule has 2 rings (SSSR count). The molecular weight excluding hydrogens is 288 g/mol. The van der Waals surface area contributed by atoms with Crippen molar-refractivity contribution >= 4 is 28.9 Å². The first-order chi connectivity index (χ1) is 9.93. The van der Waals surface area contributed by atoms with E-state index < -0.39 is 0 Å². The summed E-state index contributed by atoms with van der Waals surface area (Å²) in [6, 6.07) is 3.69. The summed E-state index contributed by atoms with van der Waals surface area (Å²) in [7, 11) is 0. The van der Waals surface area contributed by atoms with E-state index in [-0.39, 0.29) is 5.97 Å². The summed E-state index contributed by atoms with van der Waals surface area (Å²) in [6.45, 7) is 7.42. The standard InChI is InChI=1S/C16H23ClN2O2/c1-4-21-16(20)13-8-12(18)9-14(17)15(13)19-6-5-10(2)7-11(19)3/h8-11H,4-7,18H2,1-3H3. The minimum Gasteiger partial charge on any atom is -0.462 e. The van der Waals surface area contributed by atoms with Crippen LogP contribution in [0, 0.1) is 5.92 Å². The fraction of sp³-hybridized carbons (Fsp3) is 0.562. The third-order valence-electron chi connectivity index (χ3n) is 4.01. The smallest absolute Gasteiger partial charge is 0.340 e. The number of halogens is 1. The summed E-state index contributed by atoms with van der Waals surface area (Å²) < 4.78 is 5.15. The molecule has 2 unspecified atom stereocenters. The number of ether oxygens (including phenoxy) is 1. The largest absolute Gasteiger partial charge is 0.462 e. The molecule has 1 aliphatic heterocycles. The predicted molar refractivity (Wildman–Crippen MR) is 87.0 cm³/mol. The van der Waals surface area contributed by atoms with Gasteiger partial charge in [-0.2, -0.15) is 0 Å². The summed E-state index contributed by atoms with van der Waals surface area (Å²) in [6.07, 6.45) is 2.18. The zero-order chi connectivity index (χ0) is 15.6. The molecule has 116 valence electrons. The molecule has 4 nitrogen and oxygen atoms in total. The third kappa shape index (κ3) is 3.43. The first-order valence-corrected chi connectivity index (χ1v) is 7.84. The van der Waals surface area contributed by atoms with Crippen molar-refractivity contribution < 1.29 is 9.53 Å². The second-order valence-corrected chi connectivity index (χ2v) is 6.20. The molecule has 2 atom stereocenters. The van der Waals surface area contributed by atoms with Gasteiger partial charge < -0.3 is 15.4 Å². The molecule has 0 radical (unpaired) electrons. The van der Waals surface area contributed by atoms with Gasteiger partial charge in [0.2, 0.25) is 0 Å². The van der Waals surface area contributed by atoms with Crippen LogP contribution in [0.5, 0.6) is 0 Å². The lowest BCUT2D eigenvalue weighted by Crippen LogP contribution is -2.41. The van der Waals surface area contributed by atoms with Crippen LogP contribution in [0.3, 0.4) is 0 Å². The van der Waals surface area contributed by atoms with E-state index in [1.807, 2.05) is 0 Å². The Labute approximate surface area is 131 Å². The highest BCUT2D eigenvalue weighted by molar-refractivity contribution is 6.34. The van der Waals surface area contributed by atoms with Crippen LogP contribution in [0.4, 0.5) is 11.4 Å². The number of anilines is 2. The van der Waals surface area contributed by atoms with E-state index in [0.29, 0.717) is 34.8 Å². The summed E-state index contributed by atoms with van der Waals surface area (Å²) in [4.78, 5) is 14.4. The number of piperidine rings is 1. The van der Waals surface area contributed by atoms with Crippen molar-refractivity contribution in [2.75, 3.05) is 23.8 Å². The lowest BCUT2D eigenvalue weighted by Gasteiger charge is -2.39. The van der Waals surface area contributed by atoms with Gasteiger partial charge in [0.15, 0.2) is 0 Å². The molecule has 0 spiro atoms. The van der Waals surface area contributed by atoms with E-state index >= 15 is 0 Å². The summed E-state index contributed by atoms with van der Waals surface area (Å²) in [5, 5.41) is 0.513. The Morgan fingerprint density at radius 2 is 2.19 bits per heavy atom. The number of nitrogen functional groups attached to an aromatic ring is 1. The molecule has 1 aromatic carbocycles. The SMILES string of the molecule is CCOC(=O)c1cc(N)cc(Cl)c1N1CCC(C)CC1C. The van der Waals surface area contributed by atoms with Gasteiger partial charge in [-0.25, -0.2) is 4.79 Å². The van der Waals surface area contributed by atoms with Crippen molar-refractivity contribution in [3.8, 4) is 0 Å². The fourth-order valence-electron chi connectivity index (χ4n) is 3.02. The highest BCUT2D eigenvalue weighted by Crippen LogP contribution is 2.37. The molecule has 0 amide bonds. The van der Waals surface area contributed by atoms with Gasteiger partial charge in [0.05, 0.1) is 22.9 Å². The quantitative estimate of drug-likeness (QED) is 0.683. The second-order valence-electron chi connectivity index (χ2n) is 5.79. The molecule has 1 aromatic rings. The third-order valence-corrected chi connectivity index (χ3v) is 4.29. The minimum absolute atomic E-state index is 0.331. The van der Waals surface area contributed by atoms with Crippen molar-refractivity contribution in [1.29, 1.82) is 0 Å². The van der Waals surface area contributed by atoms with Gasteiger partial charge in [-0.15, -0.1) is 0 Å². The van der Waals surface area contributed by atoms with Gasteiger partial charge in [0.25, 0.3) is 0 Å².